The highest BCUT2D eigenvalue weighted by atomic mass is 16.3. The molecule has 19 heavy (non-hydrogen) atoms. The number of aryl methyl sites for hydroxylation is 1. The van der Waals surface area contributed by atoms with E-state index in [0.29, 0.717) is 5.92 Å². The van der Waals surface area contributed by atoms with Crippen LogP contribution in [0, 0.1) is 12.8 Å². The lowest BCUT2D eigenvalue weighted by atomic mass is 9.83. The SMILES string of the molecule is Cc1cccn2cc(CN3CC(O)(C(C)C)C3)nc12. The Morgan fingerprint density at radius 1 is 1.42 bits per heavy atom. The topological polar surface area (TPSA) is 40.8 Å². The molecule has 0 bridgehead atoms. The van der Waals surface area contributed by atoms with Gasteiger partial charge in [-0.2, -0.15) is 0 Å². The first-order valence-electron chi connectivity index (χ1n) is 6.86. The maximum absolute atomic E-state index is 10.3. The highest BCUT2D eigenvalue weighted by Crippen LogP contribution is 2.29. The molecule has 3 rings (SSSR count). The molecule has 0 spiro atoms. The van der Waals surface area contributed by atoms with Gasteiger partial charge in [0.25, 0.3) is 0 Å². The van der Waals surface area contributed by atoms with E-state index < -0.39 is 5.60 Å². The number of β-amino-alcohol motifs (C(OH)–C–C–N with tert-alkyl or cyclic N) is 1. The summed E-state index contributed by atoms with van der Waals surface area (Å²) < 4.78 is 2.07. The average Bonchev–Trinajstić information content (AvgIpc) is 2.70. The summed E-state index contributed by atoms with van der Waals surface area (Å²) in [6.45, 7) is 8.54. The van der Waals surface area contributed by atoms with Crippen LogP contribution in [0.3, 0.4) is 0 Å². The molecule has 1 fully saturated rings. The molecule has 1 aliphatic heterocycles. The molecule has 2 aromatic heterocycles. The van der Waals surface area contributed by atoms with Crippen molar-refractivity contribution in [3.05, 3.63) is 35.8 Å². The summed E-state index contributed by atoms with van der Waals surface area (Å²) in [5.74, 6) is 0.312. The molecule has 0 atom stereocenters. The van der Waals surface area contributed by atoms with E-state index in [1.54, 1.807) is 0 Å². The molecular weight excluding hydrogens is 238 g/mol. The van der Waals surface area contributed by atoms with Gasteiger partial charge < -0.3 is 9.51 Å². The number of imidazole rings is 1. The van der Waals surface area contributed by atoms with Crippen LogP contribution < -0.4 is 0 Å². The van der Waals surface area contributed by atoms with Crippen molar-refractivity contribution in [2.45, 2.75) is 32.9 Å². The third kappa shape index (κ3) is 2.15. The number of aromatic nitrogens is 2. The van der Waals surface area contributed by atoms with Crippen molar-refractivity contribution in [2.24, 2.45) is 5.92 Å². The van der Waals surface area contributed by atoms with E-state index >= 15 is 0 Å². The van der Waals surface area contributed by atoms with Crippen molar-refractivity contribution in [2.75, 3.05) is 13.1 Å². The zero-order chi connectivity index (χ0) is 13.6. The first-order valence-corrected chi connectivity index (χ1v) is 6.86. The molecule has 1 saturated heterocycles. The molecule has 4 heteroatoms. The largest absolute Gasteiger partial charge is 0.387 e. The number of likely N-dealkylation sites (tertiary alicyclic amines) is 1. The van der Waals surface area contributed by atoms with Crippen molar-refractivity contribution < 1.29 is 5.11 Å². The molecule has 0 aliphatic carbocycles. The average molecular weight is 259 g/mol. The molecule has 1 N–H and O–H groups in total. The highest BCUT2D eigenvalue weighted by molar-refractivity contribution is 5.47. The summed E-state index contributed by atoms with van der Waals surface area (Å²) in [4.78, 5) is 6.91. The Bertz CT molecular complexity index is 596. The molecule has 0 unspecified atom stereocenters. The van der Waals surface area contributed by atoms with Crippen molar-refractivity contribution in [1.29, 1.82) is 0 Å². The third-order valence-electron chi connectivity index (χ3n) is 4.18. The fourth-order valence-electron chi connectivity index (χ4n) is 2.71. The minimum absolute atomic E-state index is 0.312. The standard InChI is InChI=1S/C15H21N3O/c1-11(2)15(19)9-17(10-15)7-13-8-18-6-4-5-12(3)14(18)16-13/h4-6,8,11,19H,7,9-10H2,1-3H3. The van der Waals surface area contributed by atoms with E-state index in [2.05, 4.69) is 47.3 Å². The Balaban J connectivity index is 1.72. The van der Waals surface area contributed by atoms with Gasteiger partial charge in [0.2, 0.25) is 0 Å². The predicted octanol–water partition coefficient (Wildman–Crippen LogP) is 1.85. The van der Waals surface area contributed by atoms with E-state index in [-0.39, 0.29) is 0 Å². The smallest absolute Gasteiger partial charge is 0.139 e. The Labute approximate surface area is 113 Å². The number of aliphatic hydroxyl groups is 1. The van der Waals surface area contributed by atoms with Gasteiger partial charge in [-0.3, -0.25) is 4.90 Å². The summed E-state index contributed by atoms with van der Waals surface area (Å²) in [6, 6.07) is 4.11. The molecule has 2 aromatic rings. The second-order valence-corrected chi connectivity index (χ2v) is 6.06. The van der Waals surface area contributed by atoms with Crippen LogP contribution in [-0.2, 0) is 6.54 Å². The highest BCUT2D eigenvalue weighted by Gasteiger charge is 2.43. The molecule has 1 aliphatic rings. The number of fused-ring (bicyclic) bond motifs is 1. The van der Waals surface area contributed by atoms with Crippen LogP contribution in [0.5, 0.6) is 0 Å². The van der Waals surface area contributed by atoms with Crippen molar-refractivity contribution in [1.82, 2.24) is 14.3 Å². The van der Waals surface area contributed by atoms with Gasteiger partial charge in [-0.25, -0.2) is 4.98 Å². The van der Waals surface area contributed by atoms with Crippen LogP contribution in [-0.4, -0.2) is 38.1 Å². The normalized spacial score (nSPS) is 19.0. The molecular formula is C15H21N3O. The van der Waals surface area contributed by atoms with Crippen molar-refractivity contribution in [3.63, 3.8) is 0 Å². The molecule has 102 valence electrons. The summed E-state index contributed by atoms with van der Waals surface area (Å²) in [7, 11) is 0. The number of hydrogen-bond donors (Lipinski definition) is 1. The summed E-state index contributed by atoms with van der Waals surface area (Å²) in [6.07, 6.45) is 4.11. The minimum Gasteiger partial charge on any atom is -0.387 e. The minimum atomic E-state index is -0.505. The lowest BCUT2D eigenvalue weighted by Crippen LogP contribution is -2.63. The van der Waals surface area contributed by atoms with Crippen LogP contribution in [0.15, 0.2) is 24.5 Å². The molecule has 0 saturated carbocycles. The number of nitrogens with zero attached hydrogens (tertiary/aromatic N) is 3. The second kappa shape index (κ2) is 4.32. The van der Waals surface area contributed by atoms with Gasteiger partial charge >= 0.3 is 0 Å². The molecule has 3 heterocycles. The fourth-order valence-corrected chi connectivity index (χ4v) is 2.71. The predicted molar refractivity (Wildman–Crippen MR) is 75.0 cm³/mol. The lowest BCUT2D eigenvalue weighted by molar-refractivity contribution is -0.131. The van der Waals surface area contributed by atoms with Gasteiger partial charge in [0.05, 0.1) is 11.3 Å². The van der Waals surface area contributed by atoms with E-state index in [9.17, 15) is 5.11 Å². The monoisotopic (exact) mass is 259 g/mol. The first kappa shape index (κ1) is 12.6. The van der Waals surface area contributed by atoms with Gasteiger partial charge in [0.15, 0.2) is 0 Å². The van der Waals surface area contributed by atoms with Crippen molar-refractivity contribution >= 4 is 5.65 Å². The van der Waals surface area contributed by atoms with E-state index in [1.165, 1.54) is 5.56 Å². The number of pyridine rings is 1. The Kier molecular flexibility index (Phi) is 2.87. The van der Waals surface area contributed by atoms with E-state index in [4.69, 9.17) is 0 Å². The van der Waals surface area contributed by atoms with Gasteiger partial charge in [0, 0.05) is 32.0 Å². The first-order chi connectivity index (χ1) is 8.98. The van der Waals surface area contributed by atoms with Crippen molar-refractivity contribution in [3.8, 4) is 0 Å². The van der Waals surface area contributed by atoms with Gasteiger partial charge in [-0.15, -0.1) is 0 Å². The fraction of sp³-hybridized carbons (Fsp3) is 0.533. The van der Waals surface area contributed by atoms with E-state index in [1.807, 2.05) is 12.3 Å². The third-order valence-corrected chi connectivity index (χ3v) is 4.18. The Morgan fingerprint density at radius 3 is 2.79 bits per heavy atom. The Hall–Kier alpha value is -1.39. The van der Waals surface area contributed by atoms with Gasteiger partial charge in [-0.05, 0) is 24.5 Å². The Morgan fingerprint density at radius 2 is 2.16 bits per heavy atom. The summed E-state index contributed by atoms with van der Waals surface area (Å²) >= 11 is 0. The van der Waals surface area contributed by atoms with Crippen LogP contribution in [0.2, 0.25) is 0 Å². The van der Waals surface area contributed by atoms with Crippen LogP contribution in [0.25, 0.3) is 5.65 Å². The van der Waals surface area contributed by atoms with E-state index in [0.717, 1.165) is 31.0 Å². The summed E-state index contributed by atoms with van der Waals surface area (Å²) in [5.41, 5.74) is 2.78. The maximum Gasteiger partial charge on any atom is 0.139 e. The quantitative estimate of drug-likeness (QED) is 0.914. The van der Waals surface area contributed by atoms with Crippen LogP contribution in [0.4, 0.5) is 0 Å². The number of rotatable bonds is 3. The van der Waals surface area contributed by atoms with Gasteiger partial charge in [-0.1, -0.05) is 19.9 Å². The number of hydrogen-bond acceptors (Lipinski definition) is 3. The lowest BCUT2D eigenvalue weighted by Gasteiger charge is -2.48. The zero-order valence-corrected chi connectivity index (χ0v) is 11.8. The second-order valence-electron chi connectivity index (χ2n) is 6.06. The van der Waals surface area contributed by atoms with Crippen LogP contribution >= 0.6 is 0 Å². The molecule has 0 aromatic carbocycles. The summed E-state index contributed by atoms with van der Waals surface area (Å²) in [5, 5.41) is 10.3. The van der Waals surface area contributed by atoms with Crippen LogP contribution in [0.1, 0.15) is 25.1 Å². The van der Waals surface area contributed by atoms with Gasteiger partial charge in [0.1, 0.15) is 5.65 Å². The molecule has 4 nitrogen and oxygen atoms in total. The maximum atomic E-state index is 10.3. The zero-order valence-electron chi connectivity index (χ0n) is 11.8. The molecule has 0 radical (unpaired) electrons. The molecule has 0 amide bonds.